The van der Waals surface area contributed by atoms with Crippen LogP contribution in [0.3, 0.4) is 0 Å². The van der Waals surface area contributed by atoms with E-state index in [2.05, 4.69) is 40.4 Å². The fourth-order valence-electron chi connectivity index (χ4n) is 2.84. The molecular weight excluding hydrogens is 312 g/mol. The summed E-state index contributed by atoms with van der Waals surface area (Å²) in [4.78, 5) is 16.4. The Kier molecular flexibility index (Phi) is 5.33. The van der Waals surface area contributed by atoms with Crippen LogP contribution in [0.15, 0.2) is 48.5 Å². The third-order valence-electron chi connectivity index (χ3n) is 4.26. The van der Waals surface area contributed by atoms with Gasteiger partial charge in [0.15, 0.2) is 0 Å². The predicted octanol–water partition coefficient (Wildman–Crippen LogP) is 3.89. The van der Waals surface area contributed by atoms with Crippen molar-refractivity contribution in [3.63, 3.8) is 0 Å². The van der Waals surface area contributed by atoms with Crippen molar-refractivity contribution in [2.24, 2.45) is 7.05 Å². The quantitative estimate of drug-likeness (QED) is 0.717. The summed E-state index contributed by atoms with van der Waals surface area (Å²) in [5.74, 6) is 1.09. The lowest BCUT2D eigenvalue weighted by molar-refractivity contribution is 0.252. The lowest BCUT2D eigenvalue weighted by Gasteiger charge is -2.08. The van der Waals surface area contributed by atoms with E-state index in [4.69, 9.17) is 4.98 Å². The Labute approximate surface area is 148 Å². The van der Waals surface area contributed by atoms with Gasteiger partial charge in [-0.15, -0.1) is 0 Å². The molecule has 0 fully saturated rings. The summed E-state index contributed by atoms with van der Waals surface area (Å²) in [6, 6.07) is 16.0. The fourth-order valence-corrected chi connectivity index (χ4v) is 2.84. The van der Waals surface area contributed by atoms with Gasteiger partial charge in [0.1, 0.15) is 5.82 Å². The Hall–Kier alpha value is -2.82. The molecule has 2 aromatic carbocycles. The number of rotatable bonds is 6. The van der Waals surface area contributed by atoms with Crippen molar-refractivity contribution in [1.82, 2.24) is 14.9 Å². The molecule has 1 heterocycles. The van der Waals surface area contributed by atoms with Crippen molar-refractivity contribution in [3.05, 3.63) is 59.9 Å². The van der Waals surface area contributed by atoms with E-state index in [-0.39, 0.29) is 6.03 Å². The minimum Gasteiger partial charge on any atom is -0.338 e. The average molecular weight is 336 g/mol. The summed E-state index contributed by atoms with van der Waals surface area (Å²) in [5.41, 5.74) is 4.24. The third kappa shape index (κ3) is 4.18. The van der Waals surface area contributed by atoms with E-state index < -0.39 is 0 Å². The number of nitrogens with zero attached hydrogens (tertiary/aromatic N) is 2. The Morgan fingerprint density at radius 2 is 1.84 bits per heavy atom. The molecule has 130 valence electrons. The molecule has 3 rings (SSSR count). The highest BCUT2D eigenvalue weighted by Crippen LogP contribution is 2.16. The molecule has 2 amide bonds. The van der Waals surface area contributed by atoms with Gasteiger partial charge in [0.05, 0.1) is 11.0 Å². The fraction of sp³-hybridized carbons (Fsp3) is 0.300. The van der Waals surface area contributed by atoms with Gasteiger partial charge in [-0.05, 0) is 42.7 Å². The number of carbonyl (C=O) groups excluding carboxylic acids is 1. The van der Waals surface area contributed by atoms with Crippen LogP contribution in [-0.2, 0) is 19.9 Å². The molecule has 0 aliphatic rings. The van der Waals surface area contributed by atoms with Gasteiger partial charge in [-0.25, -0.2) is 9.78 Å². The van der Waals surface area contributed by atoms with Crippen LogP contribution in [-0.4, -0.2) is 22.1 Å². The van der Waals surface area contributed by atoms with Gasteiger partial charge in [0.25, 0.3) is 0 Å². The molecule has 0 spiro atoms. The number of hydrogen-bond donors (Lipinski definition) is 2. The van der Waals surface area contributed by atoms with Crippen LogP contribution in [0.2, 0.25) is 0 Å². The summed E-state index contributed by atoms with van der Waals surface area (Å²) in [5, 5.41) is 5.64. The zero-order chi connectivity index (χ0) is 17.6. The Morgan fingerprint density at radius 1 is 1.08 bits per heavy atom. The molecule has 1 aromatic heterocycles. The number of carbonyl (C=O) groups is 1. The third-order valence-corrected chi connectivity index (χ3v) is 4.26. The highest BCUT2D eigenvalue weighted by Gasteiger charge is 2.07. The second kappa shape index (κ2) is 7.83. The number of para-hydroxylation sites is 2. The predicted molar refractivity (Wildman–Crippen MR) is 102 cm³/mol. The molecule has 0 bridgehead atoms. The molecule has 3 aromatic rings. The van der Waals surface area contributed by atoms with Gasteiger partial charge >= 0.3 is 6.03 Å². The van der Waals surface area contributed by atoms with Gasteiger partial charge in [0, 0.05) is 25.7 Å². The molecule has 2 N–H and O–H groups in total. The molecule has 0 saturated heterocycles. The summed E-state index contributed by atoms with van der Waals surface area (Å²) >= 11 is 0. The van der Waals surface area contributed by atoms with Crippen LogP contribution in [0.4, 0.5) is 10.5 Å². The Bertz CT molecular complexity index is 852. The van der Waals surface area contributed by atoms with E-state index >= 15 is 0 Å². The number of amides is 2. The monoisotopic (exact) mass is 336 g/mol. The number of aromatic nitrogens is 2. The first-order valence-electron chi connectivity index (χ1n) is 8.71. The van der Waals surface area contributed by atoms with Crippen molar-refractivity contribution in [2.45, 2.75) is 26.2 Å². The zero-order valence-corrected chi connectivity index (χ0v) is 14.7. The normalized spacial score (nSPS) is 10.8. The van der Waals surface area contributed by atoms with Crippen molar-refractivity contribution < 1.29 is 4.79 Å². The van der Waals surface area contributed by atoms with E-state index in [9.17, 15) is 4.79 Å². The minimum absolute atomic E-state index is 0.158. The van der Waals surface area contributed by atoms with Crippen LogP contribution >= 0.6 is 0 Å². The van der Waals surface area contributed by atoms with E-state index in [0.717, 1.165) is 41.8 Å². The topological polar surface area (TPSA) is 59.0 Å². The van der Waals surface area contributed by atoms with Gasteiger partial charge in [0.2, 0.25) is 0 Å². The SMILES string of the molecule is CCCNC(=O)Nc1ccc(CCc2nc3ccccc3n2C)cc1. The van der Waals surface area contributed by atoms with Crippen LogP contribution < -0.4 is 10.6 Å². The maximum atomic E-state index is 11.7. The molecule has 5 nitrogen and oxygen atoms in total. The number of urea groups is 1. The maximum Gasteiger partial charge on any atom is 0.319 e. The number of imidazole rings is 1. The molecule has 5 heteroatoms. The number of fused-ring (bicyclic) bond motifs is 1. The smallest absolute Gasteiger partial charge is 0.319 e. The lowest BCUT2D eigenvalue weighted by atomic mass is 10.1. The zero-order valence-electron chi connectivity index (χ0n) is 14.7. The second-order valence-corrected chi connectivity index (χ2v) is 6.15. The van der Waals surface area contributed by atoms with E-state index in [0.29, 0.717) is 6.54 Å². The Morgan fingerprint density at radius 3 is 2.56 bits per heavy atom. The molecule has 0 aliphatic carbocycles. The highest BCUT2D eigenvalue weighted by atomic mass is 16.2. The lowest BCUT2D eigenvalue weighted by Crippen LogP contribution is -2.29. The van der Waals surface area contributed by atoms with Gasteiger partial charge in [-0.3, -0.25) is 0 Å². The number of anilines is 1. The molecular formula is C20H24N4O. The Balaban J connectivity index is 1.59. The van der Waals surface area contributed by atoms with Crippen LogP contribution in [0.25, 0.3) is 11.0 Å². The molecule has 0 saturated carbocycles. The van der Waals surface area contributed by atoms with Gasteiger partial charge in [-0.1, -0.05) is 31.2 Å². The maximum absolute atomic E-state index is 11.7. The second-order valence-electron chi connectivity index (χ2n) is 6.15. The molecule has 0 aliphatic heterocycles. The number of hydrogen-bond acceptors (Lipinski definition) is 2. The first-order chi connectivity index (χ1) is 12.2. The first-order valence-corrected chi connectivity index (χ1v) is 8.71. The first kappa shape index (κ1) is 17.0. The van der Waals surface area contributed by atoms with Crippen molar-refractivity contribution >= 4 is 22.8 Å². The van der Waals surface area contributed by atoms with Crippen LogP contribution in [0.5, 0.6) is 0 Å². The molecule has 0 unspecified atom stereocenters. The summed E-state index contributed by atoms with van der Waals surface area (Å²) in [7, 11) is 2.06. The largest absolute Gasteiger partial charge is 0.338 e. The molecule has 25 heavy (non-hydrogen) atoms. The van der Waals surface area contributed by atoms with Crippen molar-refractivity contribution in [3.8, 4) is 0 Å². The molecule has 0 radical (unpaired) electrons. The molecule has 0 atom stereocenters. The number of nitrogens with one attached hydrogen (secondary N) is 2. The standard InChI is InChI=1S/C20H24N4O/c1-3-14-21-20(25)22-16-11-8-15(9-12-16)10-13-19-23-17-6-4-5-7-18(17)24(19)2/h4-9,11-12H,3,10,13-14H2,1-2H3,(H2,21,22,25). The van der Waals surface area contributed by atoms with E-state index in [1.165, 1.54) is 5.56 Å². The van der Waals surface area contributed by atoms with Crippen LogP contribution in [0, 0.1) is 0 Å². The van der Waals surface area contributed by atoms with E-state index in [1.807, 2.05) is 37.3 Å². The average Bonchev–Trinajstić information content (AvgIpc) is 2.96. The van der Waals surface area contributed by atoms with Gasteiger partial charge < -0.3 is 15.2 Å². The van der Waals surface area contributed by atoms with Crippen molar-refractivity contribution in [2.75, 3.05) is 11.9 Å². The van der Waals surface area contributed by atoms with Crippen molar-refractivity contribution in [1.29, 1.82) is 0 Å². The summed E-state index contributed by atoms with van der Waals surface area (Å²) in [6.07, 6.45) is 2.73. The number of aryl methyl sites for hydroxylation is 3. The van der Waals surface area contributed by atoms with E-state index in [1.54, 1.807) is 0 Å². The summed E-state index contributed by atoms with van der Waals surface area (Å²) < 4.78 is 2.16. The minimum atomic E-state index is -0.158. The van der Waals surface area contributed by atoms with Gasteiger partial charge in [-0.2, -0.15) is 0 Å². The highest BCUT2D eigenvalue weighted by molar-refractivity contribution is 5.89. The number of benzene rings is 2. The van der Waals surface area contributed by atoms with Crippen LogP contribution in [0.1, 0.15) is 24.7 Å². The summed E-state index contributed by atoms with van der Waals surface area (Å²) in [6.45, 7) is 2.71.